The minimum absolute atomic E-state index is 1.22. The molecule has 0 spiro atoms. The molecule has 2 heteroatoms. The van der Waals surface area contributed by atoms with E-state index in [4.69, 9.17) is 0 Å². The number of aryl methyl sites for hydroxylation is 2. The monoisotopic (exact) mass is 448 g/mol. The Morgan fingerprint density at radius 3 is 1.77 bits per heavy atom. The molecule has 164 valence electrons. The van der Waals surface area contributed by atoms with Crippen LogP contribution in [0.5, 0.6) is 0 Å². The van der Waals surface area contributed by atoms with Crippen molar-refractivity contribution in [3.63, 3.8) is 0 Å². The van der Waals surface area contributed by atoms with Gasteiger partial charge in [-0.1, -0.05) is 94.5 Å². The SMILES string of the molecule is CCCCCCCCCCCCc1ccc2sc(-c3cc4cc(C)ccc4s3)cc2c1. The minimum atomic E-state index is 1.22. The lowest BCUT2D eigenvalue weighted by atomic mass is 10.0. The zero-order chi connectivity index (χ0) is 21.5. The molecule has 2 aromatic heterocycles. The van der Waals surface area contributed by atoms with Crippen molar-refractivity contribution in [1.82, 2.24) is 0 Å². The van der Waals surface area contributed by atoms with E-state index in [0.29, 0.717) is 0 Å². The Morgan fingerprint density at radius 2 is 1.13 bits per heavy atom. The number of unbranched alkanes of at least 4 members (excludes halogenated alkanes) is 9. The zero-order valence-corrected chi connectivity index (χ0v) is 20.8. The minimum Gasteiger partial charge on any atom is -0.134 e. The quantitative estimate of drug-likeness (QED) is 0.189. The fourth-order valence-corrected chi connectivity index (χ4v) is 6.63. The molecule has 0 unspecified atom stereocenters. The van der Waals surface area contributed by atoms with Crippen molar-refractivity contribution >= 4 is 42.8 Å². The van der Waals surface area contributed by atoms with Crippen molar-refractivity contribution in [2.45, 2.75) is 84.5 Å². The summed E-state index contributed by atoms with van der Waals surface area (Å²) in [6.45, 7) is 4.47. The van der Waals surface area contributed by atoms with Crippen LogP contribution in [0.2, 0.25) is 0 Å². The van der Waals surface area contributed by atoms with Crippen LogP contribution in [-0.2, 0) is 6.42 Å². The average molecular weight is 449 g/mol. The molecular formula is C29H36S2. The van der Waals surface area contributed by atoms with Gasteiger partial charge < -0.3 is 0 Å². The van der Waals surface area contributed by atoms with Crippen LogP contribution < -0.4 is 0 Å². The fourth-order valence-electron chi connectivity index (χ4n) is 4.47. The van der Waals surface area contributed by atoms with Gasteiger partial charge in [-0.3, -0.25) is 0 Å². The van der Waals surface area contributed by atoms with Crippen molar-refractivity contribution in [1.29, 1.82) is 0 Å². The van der Waals surface area contributed by atoms with E-state index in [9.17, 15) is 0 Å². The van der Waals surface area contributed by atoms with Crippen molar-refractivity contribution < 1.29 is 0 Å². The molecule has 31 heavy (non-hydrogen) atoms. The number of benzene rings is 2. The first-order valence-electron chi connectivity index (χ1n) is 12.3. The fraction of sp³-hybridized carbons (Fsp3) is 0.448. The van der Waals surface area contributed by atoms with Crippen LogP contribution >= 0.6 is 22.7 Å². The molecule has 0 saturated heterocycles. The van der Waals surface area contributed by atoms with E-state index in [2.05, 4.69) is 62.4 Å². The predicted molar refractivity (Wildman–Crippen MR) is 143 cm³/mol. The lowest BCUT2D eigenvalue weighted by Gasteiger charge is -2.03. The maximum atomic E-state index is 2.43. The van der Waals surface area contributed by atoms with Crippen LogP contribution in [0.15, 0.2) is 48.5 Å². The molecule has 0 atom stereocenters. The lowest BCUT2D eigenvalue weighted by molar-refractivity contribution is 0.556. The van der Waals surface area contributed by atoms with E-state index >= 15 is 0 Å². The van der Waals surface area contributed by atoms with Gasteiger partial charge in [0.15, 0.2) is 0 Å². The van der Waals surface area contributed by atoms with Crippen molar-refractivity contribution in [2.75, 3.05) is 0 Å². The normalized spacial score (nSPS) is 11.7. The summed E-state index contributed by atoms with van der Waals surface area (Å²) in [6.07, 6.45) is 15.3. The van der Waals surface area contributed by atoms with E-state index in [-0.39, 0.29) is 0 Å². The van der Waals surface area contributed by atoms with Gasteiger partial charge in [-0.25, -0.2) is 0 Å². The second kappa shape index (κ2) is 11.3. The van der Waals surface area contributed by atoms with Crippen LogP contribution in [0.1, 0.15) is 82.3 Å². The van der Waals surface area contributed by atoms with Gasteiger partial charge in [-0.2, -0.15) is 0 Å². The Balaban J connectivity index is 1.28. The topological polar surface area (TPSA) is 0 Å². The number of hydrogen-bond acceptors (Lipinski definition) is 2. The maximum Gasteiger partial charge on any atom is 0.0455 e. The van der Waals surface area contributed by atoms with Gasteiger partial charge in [0.25, 0.3) is 0 Å². The Kier molecular flexibility index (Phi) is 8.21. The second-order valence-electron chi connectivity index (χ2n) is 9.07. The molecule has 2 aromatic carbocycles. The highest BCUT2D eigenvalue weighted by molar-refractivity contribution is 7.28. The van der Waals surface area contributed by atoms with E-state index in [1.54, 1.807) is 0 Å². The summed E-state index contributed by atoms with van der Waals surface area (Å²) in [7, 11) is 0. The Morgan fingerprint density at radius 1 is 0.581 bits per heavy atom. The molecule has 2 heterocycles. The smallest absolute Gasteiger partial charge is 0.0455 e. The molecule has 0 N–H and O–H groups in total. The summed E-state index contributed by atoms with van der Waals surface area (Å²) < 4.78 is 2.80. The molecule has 0 aliphatic heterocycles. The first-order chi connectivity index (χ1) is 15.2. The van der Waals surface area contributed by atoms with Gasteiger partial charge in [0, 0.05) is 19.2 Å². The Hall–Kier alpha value is -1.64. The highest BCUT2D eigenvalue weighted by Gasteiger charge is 2.09. The van der Waals surface area contributed by atoms with Gasteiger partial charge >= 0.3 is 0 Å². The number of hydrogen-bond donors (Lipinski definition) is 0. The van der Waals surface area contributed by atoms with Gasteiger partial charge in [-0.05, 0) is 60.4 Å². The molecule has 0 amide bonds. The third-order valence-corrected chi connectivity index (χ3v) is 8.74. The third-order valence-electron chi connectivity index (χ3n) is 6.31. The van der Waals surface area contributed by atoms with Crippen LogP contribution in [0.25, 0.3) is 29.9 Å². The molecule has 4 rings (SSSR count). The third kappa shape index (κ3) is 6.20. The molecule has 0 bridgehead atoms. The summed E-state index contributed by atoms with van der Waals surface area (Å²) in [6, 6.07) is 18.7. The van der Waals surface area contributed by atoms with Gasteiger partial charge in [0.2, 0.25) is 0 Å². The van der Waals surface area contributed by atoms with Gasteiger partial charge in [0.1, 0.15) is 0 Å². The Labute approximate surface area is 196 Å². The summed E-state index contributed by atoms with van der Waals surface area (Å²) in [4.78, 5) is 2.81. The number of thiophene rings is 2. The molecule has 0 fully saturated rings. The molecule has 0 nitrogen and oxygen atoms in total. The highest BCUT2D eigenvalue weighted by Crippen LogP contribution is 2.40. The van der Waals surface area contributed by atoms with Crippen molar-refractivity contribution in [3.05, 3.63) is 59.7 Å². The summed E-state index contributed by atoms with van der Waals surface area (Å²) in [5.41, 5.74) is 2.84. The highest BCUT2D eigenvalue weighted by atomic mass is 32.1. The first kappa shape index (κ1) is 22.6. The van der Waals surface area contributed by atoms with Crippen LogP contribution in [0.4, 0.5) is 0 Å². The summed E-state index contributed by atoms with van der Waals surface area (Å²) in [5.74, 6) is 0. The van der Waals surface area contributed by atoms with E-state index in [0.717, 1.165) is 0 Å². The number of fused-ring (bicyclic) bond motifs is 2. The zero-order valence-electron chi connectivity index (χ0n) is 19.2. The second-order valence-corrected chi connectivity index (χ2v) is 11.2. The summed E-state index contributed by atoms with van der Waals surface area (Å²) >= 11 is 3.85. The molecule has 0 radical (unpaired) electrons. The van der Waals surface area contributed by atoms with Crippen molar-refractivity contribution in [2.24, 2.45) is 0 Å². The van der Waals surface area contributed by atoms with E-state index in [1.807, 2.05) is 22.7 Å². The van der Waals surface area contributed by atoms with Crippen LogP contribution in [-0.4, -0.2) is 0 Å². The largest absolute Gasteiger partial charge is 0.134 e. The molecule has 0 aliphatic carbocycles. The lowest BCUT2D eigenvalue weighted by Crippen LogP contribution is -1.86. The Bertz CT molecular complexity index is 1100. The maximum absolute atomic E-state index is 2.43. The average Bonchev–Trinajstić information content (AvgIpc) is 3.38. The van der Waals surface area contributed by atoms with E-state index < -0.39 is 0 Å². The van der Waals surface area contributed by atoms with Gasteiger partial charge in [-0.15, -0.1) is 22.7 Å². The molecule has 0 aliphatic rings. The van der Waals surface area contributed by atoms with E-state index in [1.165, 1.54) is 112 Å². The molecule has 4 aromatic rings. The van der Waals surface area contributed by atoms with Crippen molar-refractivity contribution in [3.8, 4) is 9.75 Å². The molecule has 0 saturated carbocycles. The predicted octanol–water partition coefficient (Wildman–Crippen LogP) is 10.6. The molecular weight excluding hydrogens is 412 g/mol. The first-order valence-corrected chi connectivity index (χ1v) is 13.9. The standard InChI is InChI=1S/C29H36S2/c1-3-4-5-6-7-8-9-10-11-12-13-23-15-17-27-25(19-23)21-29(31-27)28-20-24-18-22(2)14-16-26(24)30-28/h14-21H,3-13H2,1-2H3. The van der Waals surface area contributed by atoms with Gasteiger partial charge in [0.05, 0.1) is 0 Å². The van der Waals surface area contributed by atoms with Crippen LogP contribution in [0.3, 0.4) is 0 Å². The number of rotatable bonds is 12. The summed E-state index contributed by atoms with van der Waals surface area (Å²) in [5, 5.41) is 2.79. The van der Waals surface area contributed by atoms with Crippen LogP contribution in [0, 0.1) is 6.92 Å².